The Hall–Kier alpha value is 1.17. The van der Waals surface area contributed by atoms with Crippen LogP contribution in [-0.2, 0) is 28.8 Å². The zero-order valence-electron chi connectivity index (χ0n) is 23.8. The Morgan fingerprint density at radius 2 is 1.04 bits per heavy atom. The van der Waals surface area contributed by atoms with Crippen LogP contribution in [0.15, 0.2) is 0 Å². The van der Waals surface area contributed by atoms with Crippen molar-refractivity contribution in [2.24, 2.45) is 5.73 Å². The van der Waals surface area contributed by atoms with E-state index in [0.29, 0.717) is 58.4 Å². The molecule has 0 aromatic carbocycles. The van der Waals surface area contributed by atoms with Gasteiger partial charge in [0.05, 0.1) is 19.4 Å². The van der Waals surface area contributed by atoms with Gasteiger partial charge in [-0.3, -0.25) is 29.0 Å². The Labute approximate surface area is 320 Å². The fourth-order valence-corrected chi connectivity index (χ4v) is 4.10. The minimum absolute atomic E-state index is 0. The monoisotopic (exact) mass is 1030 g/mol. The molecule has 4 saturated heterocycles. The van der Waals surface area contributed by atoms with Crippen molar-refractivity contribution in [1.82, 2.24) is 14.8 Å². The molecule has 11 nitrogen and oxygen atoms in total. The Balaban J connectivity index is -0.000000175. The number of nitrogens with two attached hydrogens (primary N) is 1. The van der Waals surface area contributed by atoms with E-state index in [1.807, 2.05) is 6.66 Å². The number of imide groups is 3. The molecule has 0 saturated carbocycles. The number of rotatable bonds is 5. The van der Waals surface area contributed by atoms with Crippen LogP contribution in [0, 0.1) is 0 Å². The van der Waals surface area contributed by atoms with Gasteiger partial charge in [0.15, 0.2) is 0 Å². The molecule has 4 rings (SSSR count). The highest BCUT2D eigenvalue weighted by Gasteiger charge is 2.60. The summed E-state index contributed by atoms with van der Waals surface area (Å²) in [5.41, 5.74) is 5.04. The molecule has 0 aromatic heterocycles. The summed E-state index contributed by atoms with van der Waals surface area (Å²) in [6, 6.07) is 0. The average Bonchev–Trinajstić information content (AvgIpc) is 3.44. The third-order valence-electron chi connectivity index (χ3n) is 5.79. The van der Waals surface area contributed by atoms with Gasteiger partial charge in [0.2, 0.25) is 32.2 Å². The molecule has 4 aliphatic rings. The molecule has 0 bridgehead atoms. The van der Waals surface area contributed by atoms with Crippen LogP contribution in [0.25, 0.3) is 0 Å². The van der Waals surface area contributed by atoms with Gasteiger partial charge in [0.1, 0.15) is 20.7 Å². The number of halogens is 3. The number of carbonyl (C=O) groups is 6. The van der Waals surface area contributed by atoms with E-state index in [9.17, 15) is 28.8 Å². The maximum atomic E-state index is 11.9. The molecule has 6 amide bonds. The van der Waals surface area contributed by atoms with E-state index >= 15 is 0 Å². The second-order valence-electron chi connectivity index (χ2n) is 9.28. The van der Waals surface area contributed by atoms with Gasteiger partial charge in [-0.15, -0.1) is 54.3 Å². The summed E-state index contributed by atoms with van der Waals surface area (Å²) >= 11 is 6.80. The average molecular weight is 1030 g/mol. The van der Waals surface area contributed by atoms with Crippen molar-refractivity contribution < 1.29 is 33.4 Å². The van der Waals surface area contributed by atoms with Gasteiger partial charge in [0.25, 0.3) is 0 Å². The van der Waals surface area contributed by atoms with Crippen molar-refractivity contribution in [3.05, 3.63) is 0 Å². The van der Waals surface area contributed by atoms with Gasteiger partial charge in [0, 0.05) is 45.3 Å². The van der Waals surface area contributed by atoms with E-state index in [1.165, 1.54) is 9.80 Å². The fourth-order valence-electron chi connectivity index (χ4n) is 4.10. The normalized spacial score (nSPS) is 18.0. The van der Waals surface area contributed by atoms with Gasteiger partial charge in [-0.05, 0) is 6.66 Å². The first-order chi connectivity index (χ1) is 19.0. The van der Waals surface area contributed by atoms with Gasteiger partial charge < -0.3 is 5.73 Å². The number of hydrogen-bond acceptors (Lipinski definition) is 8. The third-order valence-corrected chi connectivity index (χ3v) is 5.79. The number of amides is 6. The van der Waals surface area contributed by atoms with Gasteiger partial charge >= 0.3 is 11.8 Å². The summed E-state index contributed by atoms with van der Waals surface area (Å²) < 4.78 is 1.26. The molecule has 1 spiro atoms. The first kappa shape index (κ1) is 55.6. The number of likely N-dealkylation sites (tertiary alicyclic amines) is 2. The zero-order chi connectivity index (χ0) is 31.9. The Morgan fingerprint density at radius 3 is 1.29 bits per heavy atom. The molecule has 4 aliphatic heterocycles. The second kappa shape index (κ2) is 29.0. The molecule has 3 unspecified atom stereocenters. The first-order valence-electron chi connectivity index (χ1n) is 13.0. The maximum Gasteiger partial charge on any atom is 0.341 e. The highest BCUT2D eigenvalue weighted by molar-refractivity contribution is 14.2. The molecule has 4 heterocycles. The van der Waals surface area contributed by atoms with Gasteiger partial charge in [-0.1, -0.05) is 70.8 Å². The summed E-state index contributed by atoms with van der Waals surface area (Å²) in [7, 11) is 10.5. The van der Waals surface area contributed by atoms with Crippen molar-refractivity contribution in [2.75, 3.05) is 45.9 Å². The highest BCUT2D eigenvalue weighted by Crippen LogP contribution is 2.33. The first-order valence-corrected chi connectivity index (χ1v) is 21.5. The summed E-state index contributed by atoms with van der Waals surface area (Å²) in [5, 5.41) is 1.77. The van der Waals surface area contributed by atoms with Crippen molar-refractivity contribution in [3.63, 3.8) is 0 Å². The molecule has 260 valence electrons. The van der Waals surface area contributed by atoms with E-state index in [4.69, 9.17) is 13.3 Å². The second-order valence-corrected chi connectivity index (χ2v) is 23.5. The molecule has 0 aromatic rings. The Morgan fingerprint density at radius 1 is 0.756 bits per heavy atom. The van der Waals surface area contributed by atoms with Crippen LogP contribution in [-0.4, -0.2) is 117 Å². The van der Waals surface area contributed by atoms with Gasteiger partial charge in [-0.25, -0.2) is 9.59 Å². The molecular formula is C25H55B3I3N5O6P3+. The predicted octanol–water partition coefficient (Wildman–Crippen LogP) is 5.03. The standard InChI is InChI=1S/C12H16N3O4.C6H10N2O2.CH3BIP.2CH5BIP.4CH4/c16-9-1-2-10(17)14(9)6-5-13-7-8-15(13)11(18)3-4-12(15)19;7-3-4-8-5(9)1-2-6(8)10;1-4(2)3;2*1-2(3)4;;;;/h1-8H2;1-4,7H2;1H3;2*4H2,1H3;4*1H4/q+1;;;;;;;;. The van der Waals surface area contributed by atoms with Crippen LogP contribution in [0.4, 0.5) is 0 Å². The Kier molecular flexibility index (Phi) is 35.8. The lowest BCUT2D eigenvalue weighted by Crippen LogP contribution is -2.75. The van der Waals surface area contributed by atoms with Crippen LogP contribution in [0.2, 0.25) is 13.6 Å². The topological polar surface area (TPSA) is 138 Å². The molecule has 0 aliphatic carbocycles. The smallest absolute Gasteiger partial charge is 0.329 e. The predicted molar refractivity (Wildman–Crippen MR) is 227 cm³/mol. The number of hydrogen-bond donors (Lipinski definition) is 1. The summed E-state index contributed by atoms with van der Waals surface area (Å²) in [4.78, 5) is 70.9. The van der Waals surface area contributed by atoms with Gasteiger partial charge in [-0.2, -0.15) is 18.2 Å². The largest absolute Gasteiger partial charge is 0.341 e. The third kappa shape index (κ3) is 20.4. The van der Waals surface area contributed by atoms with E-state index in [-0.39, 0.29) is 94.6 Å². The molecule has 45 heavy (non-hydrogen) atoms. The van der Waals surface area contributed by atoms with Crippen LogP contribution in [0.5, 0.6) is 0 Å². The van der Waals surface area contributed by atoms with E-state index in [2.05, 4.69) is 98.7 Å². The highest BCUT2D eigenvalue weighted by atomic mass is 127. The molecular weight excluding hydrogens is 972 g/mol. The van der Waals surface area contributed by atoms with Crippen molar-refractivity contribution in [3.8, 4) is 0 Å². The lowest BCUT2D eigenvalue weighted by molar-refractivity contribution is -0.944. The lowest BCUT2D eigenvalue weighted by Gasteiger charge is -2.46. The van der Waals surface area contributed by atoms with Crippen LogP contribution < -0.4 is 5.73 Å². The maximum absolute atomic E-state index is 11.9. The van der Waals surface area contributed by atoms with Crippen molar-refractivity contribution in [2.45, 2.75) is 81.9 Å². The van der Waals surface area contributed by atoms with E-state index in [0.717, 1.165) is 8.58 Å². The number of carbonyl (C=O) groups excluding carboxylic acids is 6. The van der Waals surface area contributed by atoms with E-state index in [1.54, 1.807) is 5.01 Å². The zero-order valence-corrected chi connectivity index (χ0v) is 33.4. The van der Waals surface area contributed by atoms with Crippen LogP contribution in [0.3, 0.4) is 0 Å². The Bertz CT molecular complexity index is 876. The lowest BCUT2D eigenvalue weighted by atomic mass is 10.2. The van der Waals surface area contributed by atoms with Crippen LogP contribution >= 0.6 is 90.5 Å². The fraction of sp³-hybridized carbons (Fsp3) is 0.760. The van der Waals surface area contributed by atoms with Crippen molar-refractivity contribution >= 4 is 142 Å². The molecule has 2 radical (unpaired) electrons. The summed E-state index contributed by atoms with van der Waals surface area (Å²) in [5.74, 6) is -0.608. The minimum Gasteiger partial charge on any atom is -0.329 e. The molecule has 2 N–H and O–H groups in total. The molecule has 4 fully saturated rings. The molecule has 20 heteroatoms. The molecule has 3 atom stereocenters. The summed E-state index contributed by atoms with van der Waals surface area (Å²) in [6.07, 6.45) is 1.87. The van der Waals surface area contributed by atoms with E-state index < -0.39 is 0 Å². The number of nitrogens with zero attached hydrogens (tertiary/aromatic N) is 4. The van der Waals surface area contributed by atoms with Crippen LogP contribution in [0.1, 0.15) is 68.2 Å². The minimum atomic E-state index is -0.184. The summed E-state index contributed by atoms with van der Waals surface area (Å²) in [6.45, 7) is 8.82. The quantitative estimate of drug-likeness (QED) is 0.133. The number of quaternary nitrogens is 1. The van der Waals surface area contributed by atoms with Crippen molar-refractivity contribution in [1.29, 1.82) is 0 Å². The SMILES string of the molecule is C.C.C.C.CB(P)I.CB(P)I.NCCN1C(=O)CCC1=O.O=C1CCC(=O)N1CCN1CC[N+]12C(=O)CCC2=O.[B]P(C)I.